The molecule has 1 rings (SSSR count). The van der Waals surface area contributed by atoms with E-state index in [1.807, 2.05) is 5.38 Å². The molecular formula is C7H12N2OS. The van der Waals surface area contributed by atoms with Gasteiger partial charge in [-0.15, -0.1) is 11.3 Å². The molecule has 0 aliphatic heterocycles. The van der Waals surface area contributed by atoms with Gasteiger partial charge in [-0.3, -0.25) is 0 Å². The Labute approximate surface area is 70.2 Å². The highest BCUT2D eigenvalue weighted by Crippen LogP contribution is 2.24. The lowest BCUT2D eigenvalue weighted by atomic mass is 10.3. The number of rotatable bonds is 3. The largest absolute Gasteiger partial charge is 0.383 e. The lowest BCUT2D eigenvalue weighted by Crippen LogP contribution is -1.99. The summed E-state index contributed by atoms with van der Waals surface area (Å²) in [5.74, 6) is 0.584. The SMILES string of the molecule is CCC(OC)c1nc(N)cs1. The molecule has 0 amide bonds. The van der Waals surface area contributed by atoms with Gasteiger partial charge in [0, 0.05) is 12.5 Å². The van der Waals surface area contributed by atoms with Crippen molar-refractivity contribution in [3.8, 4) is 0 Å². The normalized spacial score (nSPS) is 13.3. The minimum absolute atomic E-state index is 0.109. The maximum absolute atomic E-state index is 5.47. The van der Waals surface area contributed by atoms with Gasteiger partial charge in [0.1, 0.15) is 16.9 Å². The summed E-state index contributed by atoms with van der Waals surface area (Å²) in [5.41, 5.74) is 5.47. The molecule has 1 aromatic heterocycles. The Morgan fingerprint density at radius 1 is 1.82 bits per heavy atom. The van der Waals surface area contributed by atoms with Crippen LogP contribution in [0.2, 0.25) is 0 Å². The zero-order valence-corrected chi connectivity index (χ0v) is 7.52. The topological polar surface area (TPSA) is 48.1 Å². The highest BCUT2D eigenvalue weighted by atomic mass is 32.1. The second-order valence-corrected chi connectivity index (χ2v) is 3.13. The quantitative estimate of drug-likeness (QED) is 0.756. The van der Waals surface area contributed by atoms with Crippen molar-refractivity contribution in [1.82, 2.24) is 4.98 Å². The van der Waals surface area contributed by atoms with Gasteiger partial charge in [-0.2, -0.15) is 0 Å². The number of nitrogen functional groups attached to an aromatic ring is 1. The van der Waals surface area contributed by atoms with Crippen LogP contribution in [0.5, 0.6) is 0 Å². The predicted molar refractivity (Wildman–Crippen MR) is 46.6 cm³/mol. The summed E-state index contributed by atoms with van der Waals surface area (Å²) in [5, 5.41) is 2.80. The average molecular weight is 172 g/mol. The molecular weight excluding hydrogens is 160 g/mol. The van der Waals surface area contributed by atoms with Crippen LogP contribution in [0.4, 0.5) is 5.82 Å². The fourth-order valence-corrected chi connectivity index (χ4v) is 1.76. The van der Waals surface area contributed by atoms with Crippen molar-refractivity contribution in [3.63, 3.8) is 0 Å². The molecule has 1 atom stereocenters. The number of aromatic nitrogens is 1. The van der Waals surface area contributed by atoms with Gasteiger partial charge in [0.05, 0.1) is 0 Å². The van der Waals surface area contributed by atoms with Crippen LogP contribution in [-0.2, 0) is 4.74 Å². The van der Waals surface area contributed by atoms with Gasteiger partial charge in [0.25, 0.3) is 0 Å². The number of anilines is 1. The summed E-state index contributed by atoms with van der Waals surface area (Å²) < 4.78 is 5.19. The standard InChI is InChI=1S/C7H12N2OS/c1-3-5(10-2)7-9-6(8)4-11-7/h4-5H,3,8H2,1-2H3. The van der Waals surface area contributed by atoms with Crippen molar-refractivity contribution < 1.29 is 4.74 Å². The zero-order chi connectivity index (χ0) is 8.27. The molecule has 11 heavy (non-hydrogen) atoms. The second-order valence-electron chi connectivity index (χ2n) is 2.24. The van der Waals surface area contributed by atoms with Gasteiger partial charge in [-0.05, 0) is 6.42 Å². The van der Waals surface area contributed by atoms with Crippen LogP contribution in [0.1, 0.15) is 24.5 Å². The summed E-state index contributed by atoms with van der Waals surface area (Å²) in [6.07, 6.45) is 1.04. The first-order chi connectivity index (χ1) is 5.27. The van der Waals surface area contributed by atoms with E-state index in [1.54, 1.807) is 18.4 Å². The Bertz CT molecular complexity index is 220. The van der Waals surface area contributed by atoms with Gasteiger partial charge in [-0.25, -0.2) is 4.98 Å². The van der Waals surface area contributed by atoms with Crippen LogP contribution in [0.3, 0.4) is 0 Å². The van der Waals surface area contributed by atoms with Gasteiger partial charge in [-0.1, -0.05) is 6.92 Å². The van der Waals surface area contributed by atoms with Gasteiger partial charge >= 0.3 is 0 Å². The molecule has 1 unspecified atom stereocenters. The minimum atomic E-state index is 0.109. The molecule has 0 bridgehead atoms. The van der Waals surface area contributed by atoms with E-state index in [0.717, 1.165) is 11.4 Å². The average Bonchev–Trinajstić information content (AvgIpc) is 2.39. The zero-order valence-electron chi connectivity index (χ0n) is 6.70. The number of thiazole rings is 1. The van der Waals surface area contributed by atoms with Gasteiger partial charge in [0.2, 0.25) is 0 Å². The number of hydrogen-bond acceptors (Lipinski definition) is 4. The van der Waals surface area contributed by atoms with Crippen molar-refractivity contribution in [2.24, 2.45) is 0 Å². The summed E-state index contributed by atoms with van der Waals surface area (Å²) in [6, 6.07) is 0. The number of hydrogen-bond donors (Lipinski definition) is 1. The predicted octanol–water partition coefficient (Wildman–Crippen LogP) is 1.82. The number of ether oxygens (including phenoxy) is 1. The first-order valence-corrected chi connectivity index (χ1v) is 4.39. The van der Waals surface area contributed by atoms with Crippen molar-refractivity contribution in [2.45, 2.75) is 19.4 Å². The van der Waals surface area contributed by atoms with Crippen LogP contribution in [0.15, 0.2) is 5.38 Å². The molecule has 3 nitrogen and oxygen atoms in total. The lowest BCUT2D eigenvalue weighted by Gasteiger charge is -2.07. The van der Waals surface area contributed by atoms with Crippen molar-refractivity contribution >= 4 is 17.2 Å². The molecule has 0 saturated carbocycles. The molecule has 1 heterocycles. The molecule has 0 fully saturated rings. The molecule has 4 heteroatoms. The lowest BCUT2D eigenvalue weighted by molar-refractivity contribution is 0.0999. The monoisotopic (exact) mass is 172 g/mol. The van der Waals surface area contributed by atoms with E-state index >= 15 is 0 Å². The smallest absolute Gasteiger partial charge is 0.134 e. The van der Waals surface area contributed by atoms with Crippen molar-refractivity contribution in [3.05, 3.63) is 10.4 Å². The first-order valence-electron chi connectivity index (χ1n) is 3.51. The fourth-order valence-electron chi connectivity index (χ4n) is 0.891. The summed E-state index contributed by atoms with van der Waals surface area (Å²) in [7, 11) is 1.69. The van der Waals surface area contributed by atoms with Crippen LogP contribution < -0.4 is 5.73 Å². The molecule has 0 saturated heterocycles. The molecule has 0 aliphatic carbocycles. The third kappa shape index (κ3) is 1.91. The molecule has 62 valence electrons. The summed E-state index contributed by atoms with van der Waals surface area (Å²) in [6.45, 7) is 2.06. The third-order valence-corrected chi connectivity index (χ3v) is 2.43. The molecule has 0 spiro atoms. The Kier molecular flexibility index (Phi) is 2.84. The van der Waals surface area contributed by atoms with E-state index in [0.29, 0.717) is 5.82 Å². The minimum Gasteiger partial charge on any atom is -0.383 e. The van der Waals surface area contributed by atoms with Gasteiger partial charge < -0.3 is 10.5 Å². The number of methoxy groups -OCH3 is 1. The Morgan fingerprint density at radius 2 is 2.55 bits per heavy atom. The van der Waals surface area contributed by atoms with Crippen molar-refractivity contribution in [1.29, 1.82) is 0 Å². The second kappa shape index (κ2) is 3.69. The highest BCUT2D eigenvalue weighted by molar-refractivity contribution is 7.10. The van der Waals surface area contributed by atoms with E-state index < -0.39 is 0 Å². The van der Waals surface area contributed by atoms with E-state index in [2.05, 4.69) is 11.9 Å². The summed E-state index contributed by atoms with van der Waals surface area (Å²) in [4.78, 5) is 4.12. The Morgan fingerprint density at radius 3 is 2.91 bits per heavy atom. The molecule has 0 aromatic carbocycles. The Balaban J connectivity index is 2.73. The van der Waals surface area contributed by atoms with E-state index in [1.165, 1.54) is 0 Å². The fraction of sp³-hybridized carbons (Fsp3) is 0.571. The maximum atomic E-state index is 5.47. The molecule has 0 aliphatic rings. The molecule has 2 N–H and O–H groups in total. The molecule has 1 aromatic rings. The Hall–Kier alpha value is -0.610. The maximum Gasteiger partial charge on any atom is 0.134 e. The van der Waals surface area contributed by atoms with Crippen LogP contribution in [-0.4, -0.2) is 12.1 Å². The number of nitrogens with zero attached hydrogens (tertiary/aromatic N) is 1. The van der Waals surface area contributed by atoms with E-state index in [9.17, 15) is 0 Å². The van der Waals surface area contributed by atoms with Crippen molar-refractivity contribution in [2.75, 3.05) is 12.8 Å². The van der Waals surface area contributed by atoms with E-state index in [4.69, 9.17) is 10.5 Å². The molecule has 0 radical (unpaired) electrons. The summed E-state index contributed by atoms with van der Waals surface area (Å²) >= 11 is 1.55. The number of nitrogens with two attached hydrogens (primary N) is 1. The first kappa shape index (κ1) is 8.49. The van der Waals surface area contributed by atoms with Gasteiger partial charge in [0.15, 0.2) is 0 Å². The van der Waals surface area contributed by atoms with Crippen LogP contribution >= 0.6 is 11.3 Å². The van der Waals surface area contributed by atoms with E-state index in [-0.39, 0.29) is 6.10 Å². The van der Waals surface area contributed by atoms with Crippen LogP contribution in [0.25, 0.3) is 0 Å². The highest BCUT2D eigenvalue weighted by Gasteiger charge is 2.10. The third-order valence-electron chi connectivity index (χ3n) is 1.47. The van der Waals surface area contributed by atoms with Crippen LogP contribution in [0, 0.1) is 0 Å².